The fraction of sp³-hybridized carbons (Fsp3) is 0.467. The van der Waals surface area contributed by atoms with Gasteiger partial charge in [-0.05, 0) is 37.0 Å². The number of hydrogen-bond acceptors (Lipinski definition) is 2. The molecule has 3 heteroatoms. The molecule has 0 amide bonds. The van der Waals surface area contributed by atoms with Crippen LogP contribution in [0.2, 0.25) is 0 Å². The van der Waals surface area contributed by atoms with Crippen molar-refractivity contribution in [2.45, 2.75) is 40.2 Å². The van der Waals surface area contributed by atoms with E-state index in [4.69, 9.17) is 5.26 Å². The van der Waals surface area contributed by atoms with Gasteiger partial charge in [0.05, 0.1) is 23.5 Å². The molecule has 1 aromatic heterocycles. The molecular formula is C15H19N3. The third-order valence-electron chi connectivity index (χ3n) is 3.15. The lowest BCUT2D eigenvalue weighted by Crippen LogP contribution is -2.05. The highest BCUT2D eigenvalue weighted by molar-refractivity contribution is 5.77. The Morgan fingerprint density at radius 3 is 2.83 bits per heavy atom. The van der Waals surface area contributed by atoms with Crippen LogP contribution >= 0.6 is 0 Å². The van der Waals surface area contributed by atoms with Crippen molar-refractivity contribution in [2.75, 3.05) is 0 Å². The summed E-state index contributed by atoms with van der Waals surface area (Å²) in [6, 6.07) is 8.50. The second kappa shape index (κ2) is 5.22. The maximum atomic E-state index is 8.90. The average molecular weight is 241 g/mol. The molecule has 0 aliphatic carbocycles. The van der Waals surface area contributed by atoms with Crippen LogP contribution in [-0.2, 0) is 13.0 Å². The third-order valence-corrected chi connectivity index (χ3v) is 3.15. The lowest BCUT2D eigenvalue weighted by Gasteiger charge is -2.09. The van der Waals surface area contributed by atoms with Crippen LogP contribution < -0.4 is 0 Å². The monoisotopic (exact) mass is 241 g/mol. The highest BCUT2D eigenvalue weighted by atomic mass is 15.1. The molecule has 0 radical (unpaired) electrons. The highest BCUT2D eigenvalue weighted by Crippen LogP contribution is 2.19. The van der Waals surface area contributed by atoms with E-state index < -0.39 is 0 Å². The molecule has 0 aliphatic heterocycles. The number of rotatable bonds is 4. The number of nitriles is 1. The number of nitrogens with zero attached hydrogens (tertiary/aromatic N) is 3. The first-order valence-corrected chi connectivity index (χ1v) is 6.44. The standard InChI is InChI=1S/C15H19N3/c1-11(2)7-9-18-14-5-4-12(3)10-13(14)17-15(18)6-8-16/h4-5,10-11H,6-7,9H2,1-3H3. The van der Waals surface area contributed by atoms with Gasteiger partial charge in [0.2, 0.25) is 0 Å². The first kappa shape index (κ1) is 12.6. The molecule has 0 unspecified atom stereocenters. The summed E-state index contributed by atoms with van der Waals surface area (Å²) in [5.74, 6) is 1.54. The molecule has 1 aromatic carbocycles. The smallest absolute Gasteiger partial charge is 0.124 e. The minimum atomic E-state index is 0.381. The molecule has 0 aliphatic rings. The van der Waals surface area contributed by atoms with Gasteiger partial charge in [-0.2, -0.15) is 5.26 Å². The van der Waals surface area contributed by atoms with E-state index in [1.165, 1.54) is 5.56 Å². The zero-order valence-corrected chi connectivity index (χ0v) is 11.3. The number of aromatic nitrogens is 2. The second-order valence-corrected chi connectivity index (χ2v) is 5.19. The Hall–Kier alpha value is -1.82. The predicted molar refractivity (Wildman–Crippen MR) is 73.2 cm³/mol. The van der Waals surface area contributed by atoms with E-state index in [-0.39, 0.29) is 0 Å². The summed E-state index contributed by atoms with van der Waals surface area (Å²) in [7, 11) is 0. The van der Waals surface area contributed by atoms with Crippen LogP contribution in [0.25, 0.3) is 11.0 Å². The van der Waals surface area contributed by atoms with Gasteiger partial charge in [-0.1, -0.05) is 19.9 Å². The number of benzene rings is 1. The molecule has 2 aromatic rings. The largest absolute Gasteiger partial charge is 0.327 e. The van der Waals surface area contributed by atoms with E-state index >= 15 is 0 Å². The van der Waals surface area contributed by atoms with Crippen molar-refractivity contribution >= 4 is 11.0 Å². The van der Waals surface area contributed by atoms with E-state index in [0.29, 0.717) is 12.3 Å². The Morgan fingerprint density at radius 1 is 1.39 bits per heavy atom. The van der Waals surface area contributed by atoms with Gasteiger partial charge in [-0.3, -0.25) is 0 Å². The molecule has 0 saturated heterocycles. The van der Waals surface area contributed by atoms with Gasteiger partial charge in [-0.25, -0.2) is 4.98 Å². The summed E-state index contributed by atoms with van der Waals surface area (Å²) < 4.78 is 2.19. The maximum Gasteiger partial charge on any atom is 0.124 e. The van der Waals surface area contributed by atoms with Gasteiger partial charge in [-0.15, -0.1) is 0 Å². The van der Waals surface area contributed by atoms with E-state index in [9.17, 15) is 0 Å². The number of aryl methyl sites for hydroxylation is 2. The van der Waals surface area contributed by atoms with Gasteiger partial charge in [0.1, 0.15) is 5.82 Å². The minimum Gasteiger partial charge on any atom is -0.327 e. The van der Waals surface area contributed by atoms with Crippen molar-refractivity contribution in [2.24, 2.45) is 5.92 Å². The Morgan fingerprint density at radius 2 is 2.17 bits per heavy atom. The third kappa shape index (κ3) is 2.53. The molecule has 3 nitrogen and oxygen atoms in total. The summed E-state index contributed by atoms with van der Waals surface area (Å²) in [5.41, 5.74) is 3.36. The SMILES string of the molecule is Cc1ccc2c(c1)nc(CC#N)n2CCC(C)C. The Balaban J connectivity index is 2.45. The highest BCUT2D eigenvalue weighted by Gasteiger charge is 2.10. The van der Waals surface area contributed by atoms with Crippen molar-refractivity contribution < 1.29 is 0 Å². The van der Waals surface area contributed by atoms with E-state index in [2.05, 4.69) is 54.6 Å². The topological polar surface area (TPSA) is 41.6 Å². The maximum absolute atomic E-state index is 8.90. The molecule has 0 spiro atoms. The van der Waals surface area contributed by atoms with E-state index in [1.807, 2.05) is 0 Å². The molecule has 0 saturated carbocycles. The van der Waals surface area contributed by atoms with Gasteiger partial charge in [0.15, 0.2) is 0 Å². The van der Waals surface area contributed by atoms with Crippen LogP contribution in [0.5, 0.6) is 0 Å². The Labute approximate surface area is 108 Å². The first-order chi connectivity index (χ1) is 8.61. The van der Waals surface area contributed by atoms with Crippen molar-refractivity contribution in [1.29, 1.82) is 5.26 Å². The fourth-order valence-electron chi connectivity index (χ4n) is 2.13. The molecule has 2 rings (SSSR count). The summed E-state index contributed by atoms with van der Waals surface area (Å²) in [6.45, 7) is 7.44. The minimum absolute atomic E-state index is 0.381. The predicted octanol–water partition coefficient (Wildman–Crippen LogP) is 3.46. The van der Waals surface area contributed by atoms with E-state index in [0.717, 1.165) is 29.8 Å². The molecule has 18 heavy (non-hydrogen) atoms. The molecule has 0 bridgehead atoms. The van der Waals surface area contributed by atoms with Gasteiger partial charge >= 0.3 is 0 Å². The van der Waals surface area contributed by atoms with Crippen LogP contribution in [0.15, 0.2) is 18.2 Å². The second-order valence-electron chi connectivity index (χ2n) is 5.19. The summed E-state index contributed by atoms with van der Waals surface area (Å²) >= 11 is 0. The van der Waals surface area contributed by atoms with Crippen LogP contribution in [0.4, 0.5) is 0 Å². The lowest BCUT2D eigenvalue weighted by atomic mass is 10.1. The summed E-state index contributed by atoms with van der Waals surface area (Å²) in [4.78, 5) is 4.58. The molecule has 0 fully saturated rings. The summed E-state index contributed by atoms with van der Waals surface area (Å²) in [5, 5.41) is 8.90. The van der Waals surface area contributed by atoms with Crippen molar-refractivity contribution in [3.8, 4) is 6.07 Å². The van der Waals surface area contributed by atoms with Crippen LogP contribution in [0.1, 0.15) is 31.7 Å². The zero-order valence-electron chi connectivity index (χ0n) is 11.3. The number of hydrogen-bond donors (Lipinski definition) is 0. The lowest BCUT2D eigenvalue weighted by molar-refractivity contribution is 0.515. The van der Waals surface area contributed by atoms with Crippen LogP contribution in [-0.4, -0.2) is 9.55 Å². The molecule has 94 valence electrons. The van der Waals surface area contributed by atoms with E-state index in [1.54, 1.807) is 0 Å². The van der Waals surface area contributed by atoms with Gasteiger partial charge in [0.25, 0.3) is 0 Å². The van der Waals surface area contributed by atoms with Crippen LogP contribution in [0.3, 0.4) is 0 Å². The normalized spacial score (nSPS) is 11.1. The number of fused-ring (bicyclic) bond motifs is 1. The Bertz CT molecular complexity index is 588. The molecule has 0 N–H and O–H groups in total. The Kier molecular flexibility index (Phi) is 3.66. The quantitative estimate of drug-likeness (QED) is 0.822. The van der Waals surface area contributed by atoms with Crippen LogP contribution in [0, 0.1) is 24.2 Å². The summed E-state index contributed by atoms with van der Waals surface area (Å²) in [6.07, 6.45) is 1.49. The van der Waals surface area contributed by atoms with Crippen molar-refractivity contribution in [3.05, 3.63) is 29.6 Å². The average Bonchev–Trinajstić information content (AvgIpc) is 2.63. The van der Waals surface area contributed by atoms with Crippen molar-refractivity contribution in [3.63, 3.8) is 0 Å². The molecular weight excluding hydrogens is 222 g/mol. The first-order valence-electron chi connectivity index (χ1n) is 6.44. The van der Waals surface area contributed by atoms with Crippen molar-refractivity contribution in [1.82, 2.24) is 9.55 Å². The fourth-order valence-corrected chi connectivity index (χ4v) is 2.13. The van der Waals surface area contributed by atoms with Gasteiger partial charge < -0.3 is 4.57 Å². The molecule has 0 atom stereocenters. The zero-order chi connectivity index (χ0) is 13.1. The van der Waals surface area contributed by atoms with Gasteiger partial charge in [0, 0.05) is 6.54 Å². The number of imidazole rings is 1. The molecule has 1 heterocycles.